The quantitative estimate of drug-likeness (QED) is 0.600. The zero-order valence-electron chi connectivity index (χ0n) is 7.56. The van der Waals surface area contributed by atoms with Gasteiger partial charge in [-0.3, -0.25) is 0 Å². The van der Waals surface area contributed by atoms with E-state index in [4.69, 9.17) is 15.2 Å². The van der Waals surface area contributed by atoms with Crippen LogP contribution in [0.3, 0.4) is 0 Å². The molecule has 5 nitrogen and oxygen atoms in total. The summed E-state index contributed by atoms with van der Waals surface area (Å²) in [6.07, 6.45) is -4.41. The lowest BCUT2D eigenvalue weighted by Gasteiger charge is -2.12. The highest BCUT2D eigenvalue weighted by Crippen LogP contribution is 2.28. The summed E-state index contributed by atoms with van der Waals surface area (Å²) in [5, 5.41) is 25.8. The Morgan fingerprint density at radius 1 is 1.38 bits per heavy atom. The standard InChI is InChI=1S/C7H5BF3NO4/c9-7(10,11)3-1-5(6(13)14)12-2-4(3)8(15)16/h1-2,15-16H,(H,13,14). The predicted molar refractivity (Wildman–Crippen MR) is 46.0 cm³/mol. The van der Waals surface area contributed by atoms with Crippen molar-refractivity contribution in [3.05, 3.63) is 23.5 Å². The van der Waals surface area contributed by atoms with Gasteiger partial charge in [-0.05, 0) is 6.07 Å². The van der Waals surface area contributed by atoms with Gasteiger partial charge in [-0.15, -0.1) is 0 Å². The van der Waals surface area contributed by atoms with Crippen LogP contribution in [-0.4, -0.2) is 33.2 Å². The molecule has 0 saturated heterocycles. The number of hydrogen-bond donors (Lipinski definition) is 3. The van der Waals surface area contributed by atoms with E-state index in [0.29, 0.717) is 6.20 Å². The second-order valence-electron chi connectivity index (χ2n) is 2.83. The Hall–Kier alpha value is -1.61. The van der Waals surface area contributed by atoms with Crippen molar-refractivity contribution in [2.75, 3.05) is 0 Å². The summed E-state index contributed by atoms with van der Waals surface area (Å²) in [5.41, 5.74) is -3.15. The molecule has 1 aromatic heterocycles. The van der Waals surface area contributed by atoms with E-state index in [1.54, 1.807) is 0 Å². The largest absolute Gasteiger partial charge is 0.490 e. The van der Waals surface area contributed by atoms with E-state index < -0.39 is 36.0 Å². The van der Waals surface area contributed by atoms with E-state index in [1.165, 1.54) is 0 Å². The van der Waals surface area contributed by atoms with Crippen molar-refractivity contribution in [3.8, 4) is 0 Å². The number of rotatable bonds is 2. The molecule has 0 unspecified atom stereocenters. The molecule has 0 aromatic carbocycles. The maximum atomic E-state index is 12.4. The molecule has 3 N–H and O–H groups in total. The van der Waals surface area contributed by atoms with Crippen LogP contribution in [0.5, 0.6) is 0 Å². The summed E-state index contributed by atoms with van der Waals surface area (Å²) in [6, 6.07) is 0.247. The molecule has 0 aliphatic heterocycles. The van der Waals surface area contributed by atoms with Gasteiger partial charge in [-0.25, -0.2) is 9.78 Å². The zero-order chi connectivity index (χ0) is 12.5. The average Bonchev–Trinajstić information content (AvgIpc) is 2.15. The van der Waals surface area contributed by atoms with Gasteiger partial charge in [0.15, 0.2) is 0 Å². The molecule has 0 amide bonds. The topological polar surface area (TPSA) is 90.7 Å². The number of halogens is 3. The summed E-state index contributed by atoms with van der Waals surface area (Å²) >= 11 is 0. The molecule has 1 rings (SSSR count). The van der Waals surface area contributed by atoms with Crippen molar-refractivity contribution in [1.82, 2.24) is 4.98 Å². The van der Waals surface area contributed by atoms with E-state index in [2.05, 4.69) is 4.98 Å². The highest BCUT2D eigenvalue weighted by atomic mass is 19.4. The number of carbonyl (C=O) groups is 1. The van der Waals surface area contributed by atoms with Crippen LogP contribution in [0.25, 0.3) is 0 Å². The summed E-state index contributed by atoms with van der Waals surface area (Å²) in [4.78, 5) is 13.6. The Kier molecular flexibility index (Phi) is 3.20. The van der Waals surface area contributed by atoms with Gasteiger partial charge >= 0.3 is 19.3 Å². The van der Waals surface area contributed by atoms with Crippen LogP contribution in [0.15, 0.2) is 12.3 Å². The Labute approximate surface area is 87.3 Å². The van der Waals surface area contributed by atoms with Gasteiger partial charge in [0.25, 0.3) is 0 Å². The Bertz CT molecular complexity index is 421. The summed E-state index contributed by atoms with van der Waals surface area (Å²) in [5.74, 6) is -1.63. The molecule has 0 saturated carbocycles. The van der Waals surface area contributed by atoms with Gasteiger partial charge in [0, 0.05) is 11.7 Å². The molecule has 86 valence electrons. The van der Waals surface area contributed by atoms with Crippen LogP contribution in [0.1, 0.15) is 16.1 Å². The van der Waals surface area contributed by atoms with Crippen molar-refractivity contribution in [2.24, 2.45) is 0 Å². The van der Waals surface area contributed by atoms with Crippen molar-refractivity contribution in [3.63, 3.8) is 0 Å². The molecule has 1 aromatic rings. The van der Waals surface area contributed by atoms with Crippen molar-refractivity contribution in [2.45, 2.75) is 6.18 Å². The highest BCUT2D eigenvalue weighted by Gasteiger charge is 2.37. The van der Waals surface area contributed by atoms with Gasteiger partial charge in [0.05, 0.1) is 5.56 Å². The molecule has 0 aliphatic carbocycles. The predicted octanol–water partition coefficient (Wildman–Crippen LogP) is -0.522. The number of carboxylic acid groups (broad SMARTS) is 1. The van der Waals surface area contributed by atoms with Crippen LogP contribution < -0.4 is 5.46 Å². The zero-order valence-corrected chi connectivity index (χ0v) is 7.56. The van der Waals surface area contributed by atoms with E-state index in [-0.39, 0.29) is 6.07 Å². The number of pyridine rings is 1. The molecular formula is C7H5BF3NO4. The first-order chi connectivity index (χ1) is 7.23. The third-order valence-corrected chi connectivity index (χ3v) is 1.74. The minimum absolute atomic E-state index is 0.247. The lowest BCUT2D eigenvalue weighted by Crippen LogP contribution is -2.37. The molecule has 0 radical (unpaired) electrons. The maximum Gasteiger partial charge on any atom is 0.490 e. The lowest BCUT2D eigenvalue weighted by atomic mass is 9.78. The molecule has 0 aliphatic rings. The molecule has 0 bridgehead atoms. The second kappa shape index (κ2) is 4.10. The normalized spacial score (nSPS) is 11.3. The van der Waals surface area contributed by atoms with Crippen LogP contribution in [0, 0.1) is 0 Å². The van der Waals surface area contributed by atoms with Gasteiger partial charge in [0.1, 0.15) is 5.69 Å². The fraction of sp³-hybridized carbons (Fsp3) is 0.143. The average molecular weight is 235 g/mol. The monoisotopic (exact) mass is 235 g/mol. The first-order valence-electron chi connectivity index (χ1n) is 3.90. The molecule has 1 heterocycles. The first-order valence-corrected chi connectivity index (χ1v) is 3.90. The fourth-order valence-electron chi connectivity index (χ4n) is 1.03. The van der Waals surface area contributed by atoms with Crippen LogP contribution >= 0.6 is 0 Å². The first kappa shape index (κ1) is 12.5. The van der Waals surface area contributed by atoms with E-state index in [9.17, 15) is 18.0 Å². The van der Waals surface area contributed by atoms with E-state index in [1.807, 2.05) is 0 Å². The van der Waals surface area contributed by atoms with Gasteiger partial charge in [0.2, 0.25) is 0 Å². The van der Waals surface area contributed by atoms with E-state index >= 15 is 0 Å². The number of nitrogens with zero attached hydrogens (tertiary/aromatic N) is 1. The summed E-state index contributed by atoms with van der Waals surface area (Å²) in [6.45, 7) is 0. The highest BCUT2D eigenvalue weighted by molar-refractivity contribution is 6.59. The number of aromatic carboxylic acids is 1. The molecule has 0 spiro atoms. The minimum atomic E-state index is -4.88. The van der Waals surface area contributed by atoms with Crippen molar-refractivity contribution in [1.29, 1.82) is 0 Å². The Morgan fingerprint density at radius 3 is 2.31 bits per heavy atom. The van der Waals surface area contributed by atoms with E-state index in [0.717, 1.165) is 0 Å². The smallest absolute Gasteiger partial charge is 0.477 e. The van der Waals surface area contributed by atoms with Crippen LogP contribution in [0.4, 0.5) is 13.2 Å². The van der Waals surface area contributed by atoms with Crippen LogP contribution in [0.2, 0.25) is 0 Å². The Morgan fingerprint density at radius 2 is 1.94 bits per heavy atom. The SMILES string of the molecule is O=C(O)c1cc(C(F)(F)F)c(B(O)O)cn1. The van der Waals surface area contributed by atoms with Gasteiger partial charge in [-0.1, -0.05) is 0 Å². The number of carboxylic acids is 1. The lowest BCUT2D eigenvalue weighted by molar-refractivity contribution is -0.136. The van der Waals surface area contributed by atoms with Crippen molar-refractivity contribution < 1.29 is 33.1 Å². The number of aromatic nitrogens is 1. The second-order valence-corrected chi connectivity index (χ2v) is 2.83. The minimum Gasteiger partial charge on any atom is -0.477 e. The summed E-state index contributed by atoms with van der Waals surface area (Å²) < 4.78 is 37.2. The molecule has 0 atom stereocenters. The van der Waals surface area contributed by atoms with Gasteiger partial charge < -0.3 is 15.2 Å². The third-order valence-electron chi connectivity index (χ3n) is 1.74. The van der Waals surface area contributed by atoms with Crippen LogP contribution in [-0.2, 0) is 6.18 Å². The van der Waals surface area contributed by atoms with Gasteiger partial charge in [-0.2, -0.15) is 13.2 Å². The fourth-order valence-corrected chi connectivity index (χ4v) is 1.03. The maximum absolute atomic E-state index is 12.4. The molecule has 16 heavy (non-hydrogen) atoms. The van der Waals surface area contributed by atoms with Crippen molar-refractivity contribution >= 4 is 18.6 Å². The molecular weight excluding hydrogens is 230 g/mol. The molecule has 0 fully saturated rings. The molecule has 9 heteroatoms. The number of alkyl halides is 3. The third kappa shape index (κ3) is 2.50. The number of hydrogen-bond acceptors (Lipinski definition) is 4. The Balaban J connectivity index is 3.39. The summed E-state index contributed by atoms with van der Waals surface area (Å²) in [7, 11) is -2.37.